The highest BCUT2D eigenvalue weighted by molar-refractivity contribution is 5.97. The van der Waals surface area contributed by atoms with Crippen molar-refractivity contribution < 1.29 is 9.53 Å². The molecule has 0 aliphatic carbocycles. The maximum absolute atomic E-state index is 12.7. The number of benzene rings is 1. The molecule has 19 heavy (non-hydrogen) atoms. The lowest BCUT2D eigenvalue weighted by Gasteiger charge is -2.31. The average molecular weight is 262 g/mol. The van der Waals surface area contributed by atoms with Crippen molar-refractivity contribution in [3.05, 3.63) is 29.8 Å². The first kappa shape index (κ1) is 14.0. The highest BCUT2D eigenvalue weighted by Gasteiger charge is 2.43. The first-order valence-corrected chi connectivity index (χ1v) is 6.63. The molecule has 0 saturated carbocycles. The van der Waals surface area contributed by atoms with Gasteiger partial charge in [-0.2, -0.15) is 0 Å². The summed E-state index contributed by atoms with van der Waals surface area (Å²) in [6, 6.07) is 8.01. The molecule has 1 heterocycles. The molecule has 1 aromatic carbocycles. The van der Waals surface area contributed by atoms with Crippen LogP contribution in [0.2, 0.25) is 0 Å². The van der Waals surface area contributed by atoms with Gasteiger partial charge in [0.25, 0.3) is 0 Å². The lowest BCUT2D eigenvalue weighted by Crippen LogP contribution is -2.46. The maximum atomic E-state index is 12.7. The third-order valence-electron chi connectivity index (χ3n) is 3.84. The van der Waals surface area contributed by atoms with Crippen LogP contribution in [0.1, 0.15) is 12.0 Å². The van der Waals surface area contributed by atoms with Crippen LogP contribution in [0.15, 0.2) is 24.3 Å². The number of rotatable bonds is 4. The number of nitrogens with one attached hydrogen (secondary N) is 1. The molecule has 0 spiro atoms. The quantitative estimate of drug-likeness (QED) is 0.896. The van der Waals surface area contributed by atoms with Gasteiger partial charge in [-0.1, -0.05) is 17.7 Å². The number of hydrogen-bond acceptors (Lipinski definition) is 3. The van der Waals surface area contributed by atoms with E-state index < -0.39 is 5.41 Å². The summed E-state index contributed by atoms with van der Waals surface area (Å²) >= 11 is 0. The third kappa shape index (κ3) is 2.80. The number of carbonyl (C=O) groups excluding carboxylic acids is 1. The van der Waals surface area contributed by atoms with E-state index in [4.69, 9.17) is 4.74 Å². The van der Waals surface area contributed by atoms with Gasteiger partial charge < -0.3 is 15.0 Å². The van der Waals surface area contributed by atoms with Gasteiger partial charge in [0.2, 0.25) is 5.91 Å². The standard InChI is InChI=1S/C15H22N2O2/c1-12-4-6-13(7-5-12)17(2)14(18)15(11-19-3)8-9-16-10-15/h4-7,16H,8-11H2,1-3H3. The van der Waals surface area contributed by atoms with Crippen molar-refractivity contribution in [2.24, 2.45) is 5.41 Å². The summed E-state index contributed by atoms with van der Waals surface area (Å²) in [6.45, 7) is 4.07. The molecule has 1 amide bonds. The molecule has 104 valence electrons. The zero-order valence-electron chi connectivity index (χ0n) is 11.9. The molecule has 1 N–H and O–H groups in total. The Morgan fingerprint density at radius 2 is 2.11 bits per heavy atom. The van der Waals surface area contributed by atoms with E-state index in [-0.39, 0.29) is 5.91 Å². The van der Waals surface area contributed by atoms with Crippen molar-refractivity contribution in [1.29, 1.82) is 0 Å². The van der Waals surface area contributed by atoms with Crippen LogP contribution in [0.5, 0.6) is 0 Å². The van der Waals surface area contributed by atoms with E-state index in [0.717, 1.165) is 18.7 Å². The fourth-order valence-electron chi connectivity index (χ4n) is 2.63. The van der Waals surface area contributed by atoms with E-state index in [1.807, 2.05) is 38.2 Å². The van der Waals surface area contributed by atoms with Crippen molar-refractivity contribution in [2.75, 3.05) is 38.8 Å². The predicted octanol–water partition coefficient (Wildman–Crippen LogP) is 1.58. The van der Waals surface area contributed by atoms with Crippen molar-refractivity contribution in [2.45, 2.75) is 13.3 Å². The second kappa shape index (κ2) is 5.72. The van der Waals surface area contributed by atoms with Gasteiger partial charge in [-0.25, -0.2) is 0 Å². The van der Waals surface area contributed by atoms with E-state index in [1.54, 1.807) is 12.0 Å². The van der Waals surface area contributed by atoms with Gasteiger partial charge in [0.1, 0.15) is 0 Å². The van der Waals surface area contributed by atoms with Crippen LogP contribution in [0.25, 0.3) is 0 Å². The number of amides is 1. The number of ether oxygens (including phenoxy) is 1. The van der Waals surface area contributed by atoms with Gasteiger partial charge >= 0.3 is 0 Å². The summed E-state index contributed by atoms with van der Waals surface area (Å²) in [5.41, 5.74) is 1.70. The second-order valence-electron chi connectivity index (χ2n) is 5.34. The van der Waals surface area contributed by atoms with Crippen LogP contribution < -0.4 is 10.2 Å². The molecule has 1 saturated heterocycles. The summed E-state index contributed by atoms with van der Waals surface area (Å²) in [5, 5.41) is 3.27. The van der Waals surface area contributed by atoms with Gasteiger partial charge in [0, 0.05) is 26.4 Å². The Kier molecular flexibility index (Phi) is 4.22. The molecule has 1 aromatic rings. The van der Waals surface area contributed by atoms with Crippen molar-refractivity contribution >= 4 is 11.6 Å². The predicted molar refractivity (Wildman–Crippen MR) is 76.4 cm³/mol. The fourth-order valence-corrected chi connectivity index (χ4v) is 2.63. The number of hydrogen-bond donors (Lipinski definition) is 1. The van der Waals surface area contributed by atoms with E-state index in [2.05, 4.69) is 5.32 Å². The molecular formula is C15H22N2O2. The first-order valence-electron chi connectivity index (χ1n) is 6.63. The molecule has 4 heteroatoms. The molecule has 1 atom stereocenters. The van der Waals surface area contributed by atoms with Crippen molar-refractivity contribution in [3.63, 3.8) is 0 Å². The summed E-state index contributed by atoms with van der Waals surface area (Å²) in [7, 11) is 3.49. The number of anilines is 1. The highest BCUT2D eigenvalue weighted by Crippen LogP contribution is 2.30. The first-order chi connectivity index (χ1) is 9.09. The van der Waals surface area contributed by atoms with Crippen LogP contribution in [0.3, 0.4) is 0 Å². The van der Waals surface area contributed by atoms with E-state index in [9.17, 15) is 4.79 Å². The van der Waals surface area contributed by atoms with Crippen LogP contribution >= 0.6 is 0 Å². The Bertz CT molecular complexity index is 436. The minimum Gasteiger partial charge on any atom is -0.384 e. The minimum atomic E-state index is -0.422. The van der Waals surface area contributed by atoms with E-state index in [1.165, 1.54) is 5.56 Å². The van der Waals surface area contributed by atoms with Gasteiger partial charge in [-0.3, -0.25) is 4.79 Å². The molecule has 1 unspecified atom stereocenters. The number of nitrogens with zero attached hydrogens (tertiary/aromatic N) is 1. The normalized spacial score (nSPS) is 22.5. The van der Waals surface area contributed by atoms with Crippen molar-refractivity contribution in [1.82, 2.24) is 5.32 Å². The molecular weight excluding hydrogens is 240 g/mol. The lowest BCUT2D eigenvalue weighted by atomic mass is 9.86. The number of aryl methyl sites for hydroxylation is 1. The monoisotopic (exact) mass is 262 g/mol. The number of carbonyl (C=O) groups is 1. The maximum Gasteiger partial charge on any atom is 0.236 e. The topological polar surface area (TPSA) is 41.6 Å². The number of methoxy groups -OCH3 is 1. The van der Waals surface area contributed by atoms with E-state index >= 15 is 0 Å². The molecule has 1 aliphatic heterocycles. The molecule has 0 aromatic heterocycles. The van der Waals surface area contributed by atoms with Gasteiger partial charge in [0.15, 0.2) is 0 Å². The summed E-state index contributed by atoms with van der Waals surface area (Å²) in [5.74, 6) is 0.128. The third-order valence-corrected chi connectivity index (χ3v) is 3.84. The Hall–Kier alpha value is -1.39. The minimum absolute atomic E-state index is 0.128. The molecule has 1 fully saturated rings. The van der Waals surface area contributed by atoms with Crippen LogP contribution in [-0.4, -0.2) is 39.8 Å². The molecule has 4 nitrogen and oxygen atoms in total. The van der Waals surface area contributed by atoms with Gasteiger partial charge in [-0.05, 0) is 32.0 Å². The Morgan fingerprint density at radius 3 is 2.63 bits per heavy atom. The smallest absolute Gasteiger partial charge is 0.236 e. The molecule has 0 radical (unpaired) electrons. The highest BCUT2D eigenvalue weighted by atomic mass is 16.5. The fraction of sp³-hybridized carbons (Fsp3) is 0.533. The average Bonchev–Trinajstić information content (AvgIpc) is 2.88. The SMILES string of the molecule is COCC1(C(=O)N(C)c2ccc(C)cc2)CCNC1. The summed E-state index contributed by atoms with van der Waals surface area (Å²) < 4.78 is 5.27. The zero-order valence-corrected chi connectivity index (χ0v) is 11.9. The van der Waals surface area contributed by atoms with Crippen LogP contribution in [-0.2, 0) is 9.53 Å². The Labute approximate surface area is 114 Å². The largest absolute Gasteiger partial charge is 0.384 e. The van der Waals surface area contributed by atoms with Crippen molar-refractivity contribution in [3.8, 4) is 0 Å². The van der Waals surface area contributed by atoms with E-state index in [0.29, 0.717) is 13.2 Å². The second-order valence-corrected chi connectivity index (χ2v) is 5.34. The Morgan fingerprint density at radius 1 is 1.42 bits per heavy atom. The molecule has 2 rings (SSSR count). The van der Waals surface area contributed by atoms with Gasteiger partial charge in [0.05, 0.1) is 12.0 Å². The Balaban J connectivity index is 2.19. The summed E-state index contributed by atoms with van der Waals surface area (Å²) in [4.78, 5) is 14.5. The molecule has 1 aliphatic rings. The lowest BCUT2D eigenvalue weighted by molar-refractivity contribution is -0.129. The van der Waals surface area contributed by atoms with Gasteiger partial charge in [-0.15, -0.1) is 0 Å². The molecule has 0 bridgehead atoms. The zero-order chi connectivity index (χ0) is 13.9. The van der Waals surface area contributed by atoms with Crippen LogP contribution in [0, 0.1) is 12.3 Å². The summed E-state index contributed by atoms with van der Waals surface area (Å²) in [6.07, 6.45) is 0.829. The van der Waals surface area contributed by atoms with Crippen LogP contribution in [0.4, 0.5) is 5.69 Å².